The molecule has 0 radical (unpaired) electrons. The lowest BCUT2D eigenvalue weighted by atomic mass is 9.99. The van der Waals surface area contributed by atoms with Crippen LogP contribution in [-0.4, -0.2) is 57.6 Å². The molecule has 240 valence electrons. The molecule has 0 spiro atoms. The summed E-state index contributed by atoms with van der Waals surface area (Å²) in [5.41, 5.74) is 2.85. The Morgan fingerprint density at radius 3 is 2.54 bits per heavy atom. The van der Waals surface area contributed by atoms with E-state index in [9.17, 15) is 19.5 Å². The standard InChI is InChI=1S/C33H33Cl2N5O6/c1-39-16-22(32(43)40(2)33(39)44)30(42)37-23-11-5-9-20(28(23)35)19-8-4-10-21(27(19)34)24-13-17-14-25(41)29(26(17)31(38-24)45-3)36-15-18-7-6-12-46-18/h4-5,8-11,13,16,18,25,29,36,41H,6-7,12,14-15H2,1-3H3,(H,37,42)/t18-,25-,29+/m1/s1. The Morgan fingerprint density at radius 2 is 1.83 bits per heavy atom. The number of benzene rings is 2. The van der Waals surface area contributed by atoms with E-state index in [1.807, 2.05) is 18.2 Å². The number of hydrogen-bond donors (Lipinski definition) is 3. The molecule has 3 atom stereocenters. The highest BCUT2D eigenvalue weighted by Gasteiger charge is 2.36. The lowest BCUT2D eigenvalue weighted by Gasteiger charge is -2.21. The second-order valence-electron chi connectivity index (χ2n) is 11.5. The molecule has 1 fully saturated rings. The number of carbonyl (C=O) groups excluding carboxylic acids is 1. The van der Waals surface area contributed by atoms with E-state index in [4.69, 9.17) is 37.7 Å². The minimum atomic E-state index is -0.724. The van der Waals surface area contributed by atoms with Gasteiger partial charge in [-0.3, -0.25) is 14.2 Å². The molecule has 1 amide bonds. The summed E-state index contributed by atoms with van der Waals surface area (Å²) in [6, 6.07) is 12.1. The van der Waals surface area contributed by atoms with Gasteiger partial charge in [0.2, 0.25) is 5.88 Å². The van der Waals surface area contributed by atoms with Gasteiger partial charge in [0.25, 0.3) is 11.5 Å². The number of aromatic nitrogens is 3. The molecule has 13 heteroatoms. The molecule has 3 heterocycles. The molecule has 1 aliphatic carbocycles. The number of anilines is 1. The van der Waals surface area contributed by atoms with E-state index < -0.39 is 23.3 Å². The number of hydrogen-bond acceptors (Lipinski definition) is 8. The number of amides is 1. The summed E-state index contributed by atoms with van der Waals surface area (Å²) in [4.78, 5) is 42.6. The molecule has 4 aromatic rings. The number of nitrogens with one attached hydrogen (secondary N) is 2. The van der Waals surface area contributed by atoms with E-state index in [0.717, 1.165) is 39.7 Å². The van der Waals surface area contributed by atoms with Crippen molar-refractivity contribution in [2.24, 2.45) is 14.1 Å². The summed E-state index contributed by atoms with van der Waals surface area (Å²) < 4.78 is 13.5. The highest BCUT2D eigenvalue weighted by Crippen LogP contribution is 2.44. The van der Waals surface area contributed by atoms with Crippen LogP contribution < -0.4 is 26.6 Å². The number of halogens is 2. The smallest absolute Gasteiger partial charge is 0.330 e. The largest absolute Gasteiger partial charge is 0.481 e. The summed E-state index contributed by atoms with van der Waals surface area (Å²) >= 11 is 13.8. The van der Waals surface area contributed by atoms with E-state index >= 15 is 0 Å². The molecule has 2 aliphatic rings. The van der Waals surface area contributed by atoms with Crippen LogP contribution >= 0.6 is 23.2 Å². The van der Waals surface area contributed by atoms with Gasteiger partial charge in [0, 0.05) is 62.1 Å². The summed E-state index contributed by atoms with van der Waals surface area (Å²) in [6.07, 6.45) is 3.11. The number of carbonyl (C=O) groups is 1. The molecule has 11 nitrogen and oxygen atoms in total. The number of aryl methyl sites for hydroxylation is 1. The van der Waals surface area contributed by atoms with Crippen LogP contribution in [0.1, 0.15) is 40.4 Å². The normalized spacial score (nSPS) is 18.9. The molecule has 6 rings (SSSR count). The zero-order valence-corrected chi connectivity index (χ0v) is 27.0. The maximum Gasteiger partial charge on any atom is 0.330 e. The topological polar surface area (TPSA) is 137 Å². The Labute approximate surface area is 274 Å². The third-order valence-electron chi connectivity index (χ3n) is 8.52. The monoisotopic (exact) mass is 665 g/mol. The van der Waals surface area contributed by atoms with Crippen LogP contribution in [0.2, 0.25) is 10.0 Å². The van der Waals surface area contributed by atoms with Crippen LogP contribution in [0.4, 0.5) is 5.69 Å². The van der Waals surface area contributed by atoms with Crippen LogP contribution in [0.15, 0.2) is 58.3 Å². The number of rotatable bonds is 8. The van der Waals surface area contributed by atoms with E-state index in [2.05, 4.69) is 10.6 Å². The lowest BCUT2D eigenvalue weighted by molar-refractivity contribution is 0.0920. The van der Waals surface area contributed by atoms with Gasteiger partial charge in [-0.25, -0.2) is 9.78 Å². The van der Waals surface area contributed by atoms with E-state index in [1.54, 1.807) is 31.4 Å². The first kappa shape index (κ1) is 32.0. The fourth-order valence-corrected chi connectivity index (χ4v) is 6.74. The van der Waals surface area contributed by atoms with Gasteiger partial charge in [0.1, 0.15) is 5.56 Å². The highest BCUT2D eigenvalue weighted by atomic mass is 35.5. The summed E-state index contributed by atoms with van der Waals surface area (Å²) in [5.74, 6) is -0.307. The molecule has 1 saturated heterocycles. The molecular formula is C33H33Cl2N5O6. The Bertz CT molecular complexity index is 1950. The van der Waals surface area contributed by atoms with Gasteiger partial charge in [-0.05, 0) is 30.5 Å². The predicted molar refractivity (Wildman–Crippen MR) is 176 cm³/mol. The third-order valence-corrected chi connectivity index (χ3v) is 9.33. The molecular weight excluding hydrogens is 633 g/mol. The van der Waals surface area contributed by atoms with Gasteiger partial charge in [-0.1, -0.05) is 53.5 Å². The molecule has 2 aromatic carbocycles. The number of pyridine rings is 1. The number of fused-ring (bicyclic) bond motifs is 1. The number of ether oxygens (including phenoxy) is 2. The van der Waals surface area contributed by atoms with Crippen molar-refractivity contribution in [1.29, 1.82) is 0 Å². The van der Waals surface area contributed by atoms with Gasteiger partial charge < -0.3 is 29.8 Å². The maximum atomic E-state index is 13.1. The Kier molecular flexibility index (Phi) is 9.04. The quantitative estimate of drug-likeness (QED) is 0.256. The molecule has 2 aromatic heterocycles. The summed E-state index contributed by atoms with van der Waals surface area (Å²) in [6.45, 7) is 1.38. The van der Waals surface area contributed by atoms with Crippen LogP contribution in [0.3, 0.4) is 0 Å². The van der Waals surface area contributed by atoms with Crippen LogP contribution in [-0.2, 0) is 25.3 Å². The Balaban J connectivity index is 1.32. The Hall–Kier alpha value is -4.00. The number of aliphatic hydroxyl groups excluding tert-OH is 1. The van der Waals surface area contributed by atoms with E-state index in [0.29, 0.717) is 46.3 Å². The van der Waals surface area contributed by atoms with Crippen LogP contribution in [0.25, 0.3) is 22.4 Å². The van der Waals surface area contributed by atoms with Gasteiger partial charge in [0.15, 0.2) is 0 Å². The zero-order valence-electron chi connectivity index (χ0n) is 25.5. The predicted octanol–water partition coefficient (Wildman–Crippen LogP) is 4.11. The molecule has 0 unspecified atom stereocenters. The first-order valence-corrected chi connectivity index (χ1v) is 15.6. The van der Waals surface area contributed by atoms with Crippen LogP contribution in [0.5, 0.6) is 5.88 Å². The third kappa shape index (κ3) is 5.85. The van der Waals surface area contributed by atoms with Crippen molar-refractivity contribution in [3.63, 3.8) is 0 Å². The highest BCUT2D eigenvalue weighted by molar-refractivity contribution is 6.39. The number of nitrogens with zero attached hydrogens (tertiary/aromatic N) is 3. The minimum Gasteiger partial charge on any atom is -0.481 e. The summed E-state index contributed by atoms with van der Waals surface area (Å²) in [7, 11) is 4.31. The minimum absolute atomic E-state index is 0.121. The first-order valence-electron chi connectivity index (χ1n) is 14.9. The number of methoxy groups -OCH3 is 1. The fourth-order valence-electron chi connectivity index (χ4n) is 6.14. The lowest BCUT2D eigenvalue weighted by Crippen LogP contribution is -2.40. The molecule has 0 saturated carbocycles. The van der Waals surface area contributed by atoms with Crippen molar-refractivity contribution in [1.82, 2.24) is 19.4 Å². The average molecular weight is 667 g/mol. The van der Waals surface area contributed by atoms with Crippen molar-refractivity contribution in [2.75, 3.05) is 25.6 Å². The van der Waals surface area contributed by atoms with Gasteiger partial charge in [-0.2, -0.15) is 0 Å². The zero-order chi connectivity index (χ0) is 32.7. The summed E-state index contributed by atoms with van der Waals surface area (Å²) in [5, 5.41) is 17.7. The van der Waals surface area contributed by atoms with E-state index in [-0.39, 0.29) is 28.4 Å². The van der Waals surface area contributed by atoms with Gasteiger partial charge in [-0.15, -0.1) is 0 Å². The van der Waals surface area contributed by atoms with Crippen molar-refractivity contribution in [2.45, 2.75) is 37.5 Å². The fraction of sp³-hybridized carbons (Fsp3) is 0.333. The van der Waals surface area contributed by atoms with Crippen LogP contribution in [0, 0.1) is 0 Å². The van der Waals surface area contributed by atoms with Crippen molar-refractivity contribution >= 4 is 34.8 Å². The second kappa shape index (κ2) is 13.0. The molecule has 3 N–H and O–H groups in total. The Morgan fingerprint density at radius 1 is 1.11 bits per heavy atom. The van der Waals surface area contributed by atoms with Gasteiger partial charge >= 0.3 is 5.69 Å². The maximum absolute atomic E-state index is 13.1. The number of aliphatic hydroxyl groups is 1. The van der Waals surface area contributed by atoms with Crippen molar-refractivity contribution < 1.29 is 19.4 Å². The molecule has 1 aliphatic heterocycles. The first-order chi connectivity index (χ1) is 22.1. The average Bonchev–Trinajstić information content (AvgIpc) is 3.68. The molecule has 46 heavy (non-hydrogen) atoms. The second-order valence-corrected chi connectivity index (χ2v) is 12.2. The SMILES string of the molecule is COc1nc(-c2cccc(-c3cccc(NC(=O)c4cn(C)c(=O)n(C)c4=O)c3Cl)c2Cl)cc2c1[C@@H](NC[C@H]1CCCO1)[C@H](O)C2. The van der Waals surface area contributed by atoms with E-state index in [1.165, 1.54) is 20.3 Å². The van der Waals surface area contributed by atoms with Gasteiger partial charge in [0.05, 0.1) is 46.8 Å². The molecule has 0 bridgehead atoms. The van der Waals surface area contributed by atoms with Crippen molar-refractivity contribution in [3.05, 3.63) is 96.2 Å². The van der Waals surface area contributed by atoms with Crippen molar-refractivity contribution in [3.8, 4) is 28.3 Å².